The van der Waals surface area contributed by atoms with Crippen LogP contribution in [0.15, 0.2) is 66.1 Å². The quantitative estimate of drug-likeness (QED) is 0.670. The molecule has 0 aliphatic rings. The van der Waals surface area contributed by atoms with Gasteiger partial charge in [0.1, 0.15) is 12.4 Å². The van der Waals surface area contributed by atoms with Crippen molar-refractivity contribution in [1.82, 2.24) is 9.62 Å². The van der Waals surface area contributed by atoms with Crippen LogP contribution >= 0.6 is 0 Å². The highest BCUT2D eigenvalue weighted by Gasteiger charge is 2.16. The number of carbonyl (C=O) groups is 1. The number of carbonyl (C=O) groups excluding carboxylic acids is 1. The van der Waals surface area contributed by atoms with E-state index in [9.17, 15) is 13.2 Å². The van der Waals surface area contributed by atoms with Gasteiger partial charge in [0.2, 0.25) is 10.0 Å². The van der Waals surface area contributed by atoms with Crippen molar-refractivity contribution >= 4 is 15.9 Å². The van der Waals surface area contributed by atoms with Crippen molar-refractivity contribution in [3.63, 3.8) is 0 Å². The number of likely N-dealkylation sites (N-methyl/N-ethyl adjacent to an activating group) is 1. The van der Waals surface area contributed by atoms with Gasteiger partial charge in [-0.05, 0) is 42.8 Å². The van der Waals surface area contributed by atoms with Crippen LogP contribution in [0.4, 0.5) is 0 Å². The van der Waals surface area contributed by atoms with Crippen molar-refractivity contribution in [1.29, 1.82) is 0 Å². The summed E-state index contributed by atoms with van der Waals surface area (Å²) in [6.45, 7) is 6.36. The van der Waals surface area contributed by atoms with E-state index in [4.69, 9.17) is 4.74 Å². The van der Waals surface area contributed by atoms with Crippen LogP contribution in [0.5, 0.6) is 5.75 Å². The Morgan fingerprint density at radius 2 is 1.85 bits per heavy atom. The number of nitrogens with one attached hydrogen (secondary N) is 1. The molecule has 0 bridgehead atoms. The first-order chi connectivity index (χ1) is 12.8. The number of nitrogens with zero attached hydrogens (tertiary/aromatic N) is 1. The molecule has 0 saturated carbocycles. The Balaban J connectivity index is 1.94. The molecule has 2 rings (SSSR count). The van der Waals surface area contributed by atoms with Gasteiger partial charge in [-0.3, -0.25) is 4.79 Å². The maximum Gasteiger partial charge on any atom is 0.253 e. The lowest BCUT2D eigenvalue weighted by Gasteiger charge is -2.18. The largest absolute Gasteiger partial charge is 0.491 e. The molecule has 144 valence electrons. The zero-order valence-corrected chi connectivity index (χ0v) is 16.3. The highest BCUT2D eigenvalue weighted by Crippen LogP contribution is 2.16. The molecule has 0 heterocycles. The lowest BCUT2D eigenvalue weighted by molar-refractivity contribution is 0.0773. The topological polar surface area (TPSA) is 75.7 Å². The van der Waals surface area contributed by atoms with Crippen LogP contribution in [0.25, 0.3) is 0 Å². The molecule has 0 radical (unpaired) electrons. The molecule has 0 fully saturated rings. The van der Waals surface area contributed by atoms with E-state index in [1.54, 1.807) is 7.05 Å². The molecule has 0 unspecified atom stereocenters. The molecular weight excluding hydrogens is 364 g/mol. The summed E-state index contributed by atoms with van der Waals surface area (Å²) in [5, 5.41) is 0. The Morgan fingerprint density at radius 3 is 2.48 bits per heavy atom. The number of amides is 1. The third kappa shape index (κ3) is 5.67. The zero-order valence-electron chi connectivity index (χ0n) is 15.5. The molecule has 2 aromatic carbocycles. The normalized spacial score (nSPS) is 11.0. The van der Waals surface area contributed by atoms with Gasteiger partial charge >= 0.3 is 0 Å². The molecule has 0 aliphatic heterocycles. The Labute approximate surface area is 160 Å². The van der Waals surface area contributed by atoms with E-state index >= 15 is 0 Å². The average Bonchev–Trinajstić information content (AvgIpc) is 2.67. The summed E-state index contributed by atoms with van der Waals surface area (Å²) < 4.78 is 32.2. The molecule has 1 amide bonds. The maximum absolute atomic E-state index is 12.5. The third-order valence-electron chi connectivity index (χ3n) is 3.95. The van der Waals surface area contributed by atoms with Crippen molar-refractivity contribution in [2.75, 3.05) is 26.7 Å². The van der Waals surface area contributed by atoms with Crippen LogP contribution in [0.3, 0.4) is 0 Å². The standard InChI is InChI=1S/C20H24N2O4S/c1-4-13-21-27(24,25)18-11-9-17(10-12-18)20(23)22(3)14-15-26-19-8-6-5-7-16(19)2/h4-12,21H,1,13-15H2,2-3H3. The zero-order chi connectivity index (χ0) is 19.9. The minimum atomic E-state index is -3.60. The Hall–Kier alpha value is -2.64. The van der Waals surface area contributed by atoms with Crippen molar-refractivity contribution < 1.29 is 17.9 Å². The third-order valence-corrected chi connectivity index (χ3v) is 5.39. The molecule has 0 saturated heterocycles. The fraction of sp³-hybridized carbons (Fsp3) is 0.250. The van der Waals surface area contributed by atoms with E-state index in [0.29, 0.717) is 18.7 Å². The van der Waals surface area contributed by atoms with Gasteiger partial charge in [0.25, 0.3) is 5.91 Å². The van der Waals surface area contributed by atoms with E-state index in [2.05, 4.69) is 11.3 Å². The van der Waals surface area contributed by atoms with Crippen molar-refractivity contribution in [2.45, 2.75) is 11.8 Å². The lowest BCUT2D eigenvalue weighted by atomic mass is 10.2. The smallest absolute Gasteiger partial charge is 0.253 e. The van der Waals surface area contributed by atoms with Crippen LogP contribution in [0, 0.1) is 6.92 Å². The van der Waals surface area contributed by atoms with Crippen LogP contribution in [0.2, 0.25) is 0 Å². The van der Waals surface area contributed by atoms with Gasteiger partial charge in [-0.2, -0.15) is 0 Å². The van der Waals surface area contributed by atoms with Crippen molar-refractivity contribution in [2.24, 2.45) is 0 Å². The molecule has 7 heteroatoms. The monoisotopic (exact) mass is 388 g/mol. The second kappa shape index (κ2) is 9.34. The summed E-state index contributed by atoms with van der Waals surface area (Å²) in [6.07, 6.45) is 1.46. The van der Waals surface area contributed by atoms with E-state index in [1.807, 2.05) is 31.2 Å². The first-order valence-electron chi connectivity index (χ1n) is 8.49. The van der Waals surface area contributed by atoms with Crippen LogP contribution in [-0.4, -0.2) is 46.0 Å². The number of para-hydroxylation sites is 1. The van der Waals surface area contributed by atoms with E-state index in [-0.39, 0.29) is 17.3 Å². The molecule has 0 aliphatic carbocycles. The van der Waals surface area contributed by atoms with E-state index in [0.717, 1.165) is 11.3 Å². The summed E-state index contributed by atoms with van der Waals surface area (Å²) >= 11 is 0. The van der Waals surface area contributed by atoms with Gasteiger partial charge in [0.05, 0.1) is 11.4 Å². The number of sulfonamides is 1. The van der Waals surface area contributed by atoms with Crippen molar-refractivity contribution in [3.8, 4) is 5.75 Å². The fourth-order valence-corrected chi connectivity index (χ4v) is 3.36. The summed E-state index contributed by atoms with van der Waals surface area (Å²) in [7, 11) is -1.92. The fourth-order valence-electron chi connectivity index (χ4n) is 2.36. The number of hydrogen-bond donors (Lipinski definition) is 1. The van der Waals surface area contributed by atoms with Gasteiger partial charge in [-0.25, -0.2) is 13.1 Å². The predicted molar refractivity (Wildman–Crippen MR) is 105 cm³/mol. The average molecular weight is 388 g/mol. The van der Waals surface area contributed by atoms with Crippen LogP contribution in [-0.2, 0) is 10.0 Å². The molecule has 27 heavy (non-hydrogen) atoms. The first-order valence-corrected chi connectivity index (χ1v) is 9.98. The molecule has 1 N–H and O–H groups in total. The summed E-state index contributed by atoms with van der Waals surface area (Å²) in [5.74, 6) is 0.589. The molecule has 0 spiro atoms. The highest BCUT2D eigenvalue weighted by molar-refractivity contribution is 7.89. The second-order valence-corrected chi connectivity index (χ2v) is 7.77. The molecular formula is C20H24N2O4S. The van der Waals surface area contributed by atoms with Gasteiger partial charge < -0.3 is 9.64 Å². The van der Waals surface area contributed by atoms with Gasteiger partial charge in [-0.1, -0.05) is 24.3 Å². The first kappa shape index (κ1) is 20.7. The van der Waals surface area contributed by atoms with Gasteiger partial charge in [-0.15, -0.1) is 6.58 Å². The molecule has 6 nitrogen and oxygen atoms in total. The van der Waals surface area contributed by atoms with Crippen molar-refractivity contribution in [3.05, 3.63) is 72.3 Å². The van der Waals surface area contributed by atoms with Crippen LogP contribution in [0.1, 0.15) is 15.9 Å². The Morgan fingerprint density at radius 1 is 1.19 bits per heavy atom. The van der Waals surface area contributed by atoms with Gasteiger partial charge in [0.15, 0.2) is 0 Å². The molecule has 0 aromatic heterocycles. The lowest BCUT2D eigenvalue weighted by Crippen LogP contribution is -2.31. The summed E-state index contributed by atoms with van der Waals surface area (Å²) in [4.78, 5) is 14.1. The minimum Gasteiger partial charge on any atom is -0.491 e. The second-order valence-electron chi connectivity index (χ2n) is 6.01. The predicted octanol–water partition coefficient (Wildman–Crippen LogP) is 2.61. The maximum atomic E-state index is 12.5. The summed E-state index contributed by atoms with van der Waals surface area (Å²) in [5.41, 5.74) is 1.45. The Bertz CT molecular complexity index is 892. The van der Waals surface area contributed by atoms with Crippen LogP contribution < -0.4 is 9.46 Å². The minimum absolute atomic E-state index is 0.103. The SMILES string of the molecule is C=CCNS(=O)(=O)c1ccc(C(=O)N(C)CCOc2ccccc2C)cc1. The van der Waals surface area contributed by atoms with E-state index in [1.165, 1.54) is 35.2 Å². The number of benzene rings is 2. The number of aryl methyl sites for hydroxylation is 1. The number of rotatable bonds is 9. The van der Waals surface area contributed by atoms with Gasteiger partial charge in [0, 0.05) is 19.2 Å². The van der Waals surface area contributed by atoms with E-state index < -0.39 is 10.0 Å². The molecule has 0 atom stereocenters. The molecule has 2 aromatic rings. The summed E-state index contributed by atoms with van der Waals surface area (Å²) in [6, 6.07) is 13.5. The highest BCUT2D eigenvalue weighted by atomic mass is 32.2. The Kier molecular flexibility index (Phi) is 7.15. The number of hydrogen-bond acceptors (Lipinski definition) is 4. The number of ether oxygens (including phenoxy) is 1.